The van der Waals surface area contributed by atoms with Crippen molar-refractivity contribution in [3.05, 3.63) is 22.0 Å². The molecule has 1 aliphatic carbocycles. The average Bonchev–Trinajstić information content (AvgIpc) is 3.22. The Hall–Kier alpha value is -1.49. The fourth-order valence-corrected chi connectivity index (χ4v) is 3.89. The topological polar surface area (TPSA) is 54.9 Å². The predicted octanol–water partition coefficient (Wildman–Crippen LogP) is 4.35. The number of aromatic nitrogens is 2. The van der Waals surface area contributed by atoms with E-state index in [1.807, 2.05) is 13.8 Å². The van der Waals surface area contributed by atoms with Gasteiger partial charge in [-0.25, -0.2) is 9.97 Å². The molecule has 1 fully saturated rings. The van der Waals surface area contributed by atoms with E-state index in [4.69, 9.17) is 4.98 Å². The van der Waals surface area contributed by atoms with Crippen LogP contribution in [-0.4, -0.2) is 22.4 Å². The van der Waals surface area contributed by atoms with Gasteiger partial charge in [-0.1, -0.05) is 20.8 Å². The van der Waals surface area contributed by atoms with E-state index in [1.165, 1.54) is 24.2 Å². The molecule has 0 atom stereocenters. The van der Waals surface area contributed by atoms with Crippen LogP contribution in [-0.2, 0) is 0 Å². The Morgan fingerprint density at radius 1 is 1.26 bits per heavy atom. The maximum Gasteiger partial charge on any atom is 0.261 e. The summed E-state index contributed by atoms with van der Waals surface area (Å²) in [6, 6.07) is 0. The number of hydrogen-bond acceptors (Lipinski definition) is 4. The van der Waals surface area contributed by atoms with Crippen molar-refractivity contribution in [3.8, 4) is 0 Å². The second-order valence-corrected chi connectivity index (χ2v) is 8.74. The molecule has 0 saturated heterocycles. The normalized spacial score (nSPS) is 15.2. The second kappa shape index (κ2) is 5.86. The van der Waals surface area contributed by atoms with Crippen LogP contribution < -0.4 is 5.32 Å². The third-order valence-electron chi connectivity index (χ3n) is 4.30. The first kappa shape index (κ1) is 16.4. The van der Waals surface area contributed by atoms with Gasteiger partial charge in [0.05, 0.1) is 10.6 Å². The number of amides is 1. The molecule has 1 aliphatic rings. The summed E-state index contributed by atoms with van der Waals surface area (Å²) >= 11 is 1.50. The lowest BCUT2D eigenvalue weighted by Gasteiger charge is -2.17. The first-order valence-corrected chi connectivity index (χ1v) is 9.14. The van der Waals surface area contributed by atoms with Crippen LogP contribution in [0.5, 0.6) is 0 Å². The zero-order valence-electron chi connectivity index (χ0n) is 14.6. The number of nitrogens with one attached hydrogen (secondary N) is 1. The van der Waals surface area contributed by atoms with Crippen LogP contribution in [0.2, 0.25) is 0 Å². The average molecular weight is 331 g/mol. The molecule has 1 N–H and O–H groups in total. The van der Waals surface area contributed by atoms with Gasteiger partial charge < -0.3 is 5.32 Å². The Kier molecular flexibility index (Phi) is 4.17. The number of aryl methyl sites for hydroxylation is 2. The lowest BCUT2D eigenvalue weighted by Crippen LogP contribution is -2.27. The summed E-state index contributed by atoms with van der Waals surface area (Å²) in [5.41, 5.74) is 2.24. The molecule has 0 bridgehead atoms. The molecule has 0 aliphatic heterocycles. The molecule has 0 spiro atoms. The molecule has 23 heavy (non-hydrogen) atoms. The second-order valence-electron chi connectivity index (χ2n) is 7.74. The van der Waals surface area contributed by atoms with Crippen molar-refractivity contribution >= 4 is 27.5 Å². The molecule has 2 heterocycles. The van der Waals surface area contributed by atoms with Crippen molar-refractivity contribution < 1.29 is 4.79 Å². The number of hydrogen-bond donors (Lipinski definition) is 1. The highest BCUT2D eigenvalue weighted by Crippen LogP contribution is 2.40. The van der Waals surface area contributed by atoms with Crippen LogP contribution in [0.15, 0.2) is 0 Å². The number of carbonyl (C=O) groups is 1. The number of thiophene rings is 1. The van der Waals surface area contributed by atoms with Gasteiger partial charge in [0.1, 0.15) is 10.7 Å². The Morgan fingerprint density at radius 2 is 1.96 bits per heavy atom. The van der Waals surface area contributed by atoms with Crippen LogP contribution in [0.4, 0.5) is 0 Å². The summed E-state index contributed by atoms with van der Waals surface area (Å²) in [5, 5.41) is 4.11. The molecule has 3 rings (SSSR count). The van der Waals surface area contributed by atoms with Gasteiger partial charge in [-0.3, -0.25) is 4.79 Å². The molecule has 5 heteroatoms. The smallest absolute Gasteiger partial charge is 0.261 e. The Balaban J connectivity index is 1.84. The zero-order chi connectivity index (χ0) is 16.8. The molecule has 124 valence electrons. The molecule has 0 unspecified atom stereocenters. The summed E-state index contributed by atoms with van der Waals surface area (Å²) in [6.45, 7) is 11.3. The van der Waals surface area contributed by atoms with Crippen molar-refractivity contribution in [3.63, 3.8) is 0 Å². The Labute approximate surface area is 141 Å². The summed E-state index contributed by atoms with van der Waals surface area (Å²) in [4.78, 5) is 23.6. The third kappa shape index (κ3) is 3.55. The molecule has 4 nitrogen and oxygen atoms in total. The van der Waals surface area contributed by atoms with E-state index < -0.39 is 0 Å². The zero-order valence-corrected chi connectivity index (χ0v) is 15.4. The maximum atomic E-state index is 12.5. The van der Waals surface area contributed by atoms with Gasteiger partial charge in [-0.2, -0.15) is 0 Å². The van der Waals surface area contributed by atoms with Crippen molar-refractivity contribution in [2.75, 3.05) is 6.54 Å². The van der Waals surface area contributed by atoms with Gasteiger partial charge in [0.15, 0.2) is 0 Å². The molecule has 0 aromatic carbocycles. The van der Waals surface area contributed by atoms with Crippen molar-refractivity contribution in [1.29, 1.82) is 0 Å². The van der Waals surface area contributed by atoms with Gasteiger partial charge >= 0.3 is 0 Å². The van der Waals surface area contributed by atoms with Gasteiger partial charge in [0.2, 0.25) is 0 Å². The van der Waals surface area contributed by atoms with Crippen LogP contribution in [0.3, 0.4) is 0 Å². The molecular formula is C18H25N3OS. The quantitative estimate of drug-likeness (QED) is 0.906. The van der Waals surface area contributed by atoms with Gasteiger partial charge in [-0.15, -0.1) is 11.3 Å². The number of carbonyl (C=O) groups excluding carboxylic acids is 1. The standard InChI is InChI=1S/C18H25N3OS/c1-10-13-11(2)20-15(12-6-7-12)21-17(13)23-14(10)16(22)19-9-8-18(3,4)5/h12H,6-9H2,1-5H3,(H,19,22). The minimum atomic E-state index is 0.0159. The van der Waals surface area contributed by atoms with E-state index in [2.05, 4.69) is 31.1 Å². The molecule has 2 aromatic heterocycles. The lowest BCUT2D eigenvalue weighted by atomic mass is 9.92. The van der Waals surface area contributed by atoms with Crippen molar-refractivity contribution in [2.45, 2.75) is 59.8 Å². The van der Waals surface area contributed by atoms with Gasteiger partial charge in [0.25, 0.3) is 5.91 Å². The predicted molar refractivity (Wildman–Crippen MR) is 95.3 cm³/mol. The molecule has 0 radical (unpaired) electrons. The number of rotatable bonds is 4. The van der Waals surface area contributed by atoms with E-state index in [1.54, 1.807) is 0 Å². The highest BCUT2D eigenvalue weighted by atomic mass is 32.1. The SMILES string of the molecule is Cc1nc(C2CC2)nc2sc(C(=O)NCCC(C)(C)C)c(C)c12. The van der Waals surface area contributed by atoms with E-state index in [0.29, 0.717) is 12.5 Å². The van der Waals surface area contributed by atoms with E-state index in [9.17, 15) is 4.79 Å². The first-order valence-electron chi connectivity index (χ1n) is 8.32. The Morgan fingerprint density at radius 3 is 2.57 bits per heavy atom. The minimum absolute atomic E-state index is 0.0159. The van der Waals surface area contributed by atoms with Crippen LogP contribution in [0, 0.1) is 19.3 Å². The lowest BCUT2D eigenvalue weighted by molar-refractivity contribution is 0.0953. The summed E-state index contributed by atoms with van der Waals surface area (Å²) < 4.78 is 0. The fraction of sp³-hybridized carbons (Fsp3) is 0.611. The highest BCUT2D eigenvalue weighted by Gasteiger charge is 2.28. The van der Waals surface area contributed by atoms with E-state index in [0.717, 1.165) is 38.6 Å². The largest absolute Gasteiger partial charge is 0.351 e. The summed E-state index contributed by atoms with van der Waals surface area (Å²) in [7, 11) is 0. The van der Waals surface area contributed by atoms with Crippen LogP contribution in [0.1, 0.15) is 72.7 Å². The third-order valence-corrected chi connectivity index (χ3v) is 5.48. The van der Waals surface area contributed by atoms with Crippen molar-refractivity contribution in [1.82, 2.24) is 15.3 Å². The van der Waals surface area contributed by atoms with Gasteiger partial charge in [-0.05, 0) is 44.1 Å². The number of fused-ring (bicyclic) bond motifs is 1. The summed E-state index contributed by atoms with van der Waals surface area (Å²) in [6.07, 6.45) is 3.35. The number of nitrogens with zero attached hydrogens (tertiary/aromatic N) is 2. The molecule has 1 saturated carbocycles. The summed E-state index contributed by atoms with van der Waals surface area (Å²) in [5.74, 6) is 1.50. The minimum Gasteiger partial charge on any atom is -0.351 e. The molecular weight excluding hydrogens is 306 g/mol. The maximum absolute atomic E-state index is 12.5. The fourth-order valence-electron chi connectivity index (χ4n) is 2.73. The van der Waals surface area contributed by atoms with Crippen LogP contribution in [0.25, 0.3) is 10.2 Å². The molecule has 2 aromatic rings. The first-order chi connectivity index (χ1) is 10.8. The van der Waals surface area contributed by atoms with Crippen LogP contribution >= 0.6 is 11.3 Å². The highest BCUT2D eigenvalue weighted by molar-refractivity contribution is 7.20. The van der Waals surface area contributed by atoms with Crippen molar-refractivity contribution in [2.24, 2.45) is 5.41 Å². The van der Waals surface area contributed by atoms with E-state index >= 15 is 0 Å². The monoisotopic (exact) mass is 331 g/mol. The molecule has 1 amide bonds. The van der Waals surface area contributed by atoms with Gasteiger partial charge in [0, 0.05) is 17.8 Å². The van der Waals surface area contributed by atoms with E-state index in [-0.39, 0.29) is 11.3 Å². The Bertz CT molecular complexity index is 754.